The Hall–Kier alpha value is -3.22. The summed E-state index contributed by atoms with van der Waals surface area (Å²) in [4.78, 5) is 48.6. The highest BCUT2D eigenvalue weighted by atomic mass is 16.2. The molecular formula is C25H30N4O3. The van der Waals surface area contributed by atoms with Gasteiger partial charge in [0.25, 0.3) is 11.8 Å². The number of carbonyl (C=O) groups is 3. The van der Waals surface area contributed by atoms with Gasteiger partial charge in [0.1, 0.15) is 0 Å². The second-order valence-corrected chi connectivity index (χ2v) is 8.66. The molecule has 1 aromatic heterocycles. The average Bonchev–Trinajstić information content (AvgIpc) is 3.07. The maximum Gasteiger partial charge on any atom is 0.263 e. The average molecular weight is 435 g/mol. The fraction of sp³-hybridized carbons (Fsp3) is 0.440. The van der Waals surface area contributed by atoms with Crippen molar-refractivity contribution in [2.45, 2.75) is 39.2 Å². The molecule has 168 valence electrons. The number of piperidine rings is 1. The van der Waals surface area contributed by atoms with Crippen LogP contribution in [-0.4, -0.2) is 59.2 Å². The number of aromatic nitrogens is 1. The number of amides is 3. The number of carbonyl (C=O) groups excluding carboxylic acids is 3. The van der Waals surface area contributed by atoms with E-state index in [0.29, 0.717) is 17.7 Å². The SMILES string of the molecule is CCCCN(C)C(=O)C1CCCN(c2cccc3c2C(=O)N(Cc2cccnc2)C3=O)C1. The summed E-state index contributed by atoms with van der Waals surface area (Å²) in [5, 5.41) is 0. The molecule has 1 aromatic carbocycles. The van der Waals surface area contributed by atoms with Gasteiger partial charge in [-0.05, 0) is 43.0 Å². The van der Waals surface area contributed by atoms with E-state index in [4.69, 9.17) is 0 Å². The van der Waals surface area contributed by atoms with Crippen LogP contribution in [0.1, 0.15) is 58.9 Å². The first-order valence-corrected chi connectivity index (χ1v) is 11.4. The quantitative estimate of drug-likeness (QED) is 0.625. The topological polar surface area (TPSA) is 73.8 Å². The summed E-state index contributed by atoms with van der Waals surface area (Å²) < 4.78 is 0. The van der Waals surface area contributed by atoms with Crippen molar-refractivity contribution in [2.75, 3.05) is 31.6 Å². The second kappa shape index (κ2) is 9.51. The van der Waals surface area contributed by atoms with E-state index in [2.05, 4.69) is 16.8 Å². The minimum atomic E-state index is -0.280. The lowest BCUT2D eigenvalue weighted by atomic mass is 9.95. The number of pyridine rings is 1. The minimum Gasteiger partial charge on any atom is -0.370 e. The summed E-state index contributed by atoms with van der Waals surface area (Å²) >= 11 is 0. The van der Waals surface area contributed by atoms with Crippen LogP contribution in [0.5, 0.6) is 0 Å². The Morgan fingerprint density at radius 2 is 2.03 bits per heavy atom. The normalized spacial score (nSPS) is 18.1. The van der Waals surface area contributed by atoms with Crippen LogP contribution in [-0.2, 0) is 11.3 Å². The van der Waals surface area contributed by atoms with Gasteiger partial charge in [-0.3, -0.25) is 24.3 Å². The number of hydrogen-bond donors (Lipinski definition) is 0. The minimum absolute atomic E-state index is 0.0971. The molecule has 1 saturated heterocycles. The highest BCUT2D eigenvalue weighted by Crippen LogP contribution is 2.35. The van der Waals surface area contributed by atoms with Crippen LogP contribution in [0.2, 0.25) is 0 Å². The van der Waals surface area contributed by atoms with Gasteiger partial charge in [-0.1, -0.05) is 25.5 Å². The Bertz CT molecular complexity index is 1010. The number of fused-ring (bicyclic) bond motifs is 1. The predicted octanol–water partition coefficient (Wildman–Crippen LogP) is 3.35. The van der Waals surface area contributed by atoms with Gasteiger partial charge in [-0.2, -0.15) is 0 Å². The number of imide groups is 1. The third-order valence-electron chi connectivity index (χ3n) is 6.38. The van der Waals surface area contributed by atoms with Crippen LogP contribution >= 0.6 is 0 Å². The Balaban J connectivity index is 1.55. The summed E-state index contributed by atoms with van der Waals surface area (Å²) in [5.41, 5.74) is 2.45. The molecule has 4 rings (SSSR count). The van der Waals surface area contributed by atoms with E-state index in [0.717, 1.165) is 50.0 Å². The summed E-state index contributed by atoms with van der Waals surface area (Å²) in [6, 6.07) is 9.08. The van der Waals surface area contributed by atoms with E-state index in [1.54, 1.807) is 24.5 Å². The largest absolute Gasteiger partial charge is 0.370 e. The molecule has 7 nitrogen and oxygen atoms in total. The van der Waals surface area contributed by atoms with Crippen molar-refractivity contribution >= 4 is 23.4 Å². The van der Waals surface area contributed by atoms with Crippen LogP contribution in [0.15, 0.2) is 42.7 Å². The standard InChI is InChI=1S/C25H30N4O3/c1-3-4-13-27(2)23(30)19-9-7-14-28(17-19)21-11-5-10-20-22(21)25(32)29(24(20)31)16-18-8-6-12-26-15-18/h5-6,8,10-12,15,19H,3-4,7,9,13-14,16-17H2,1-2H3. The molecule has 0 saturated carbocycles. The molecule has 2 aromatic rings. The van der Waals surface area contributed by atoms with Crippen molar-refractivity contribution < 1.29 is 14.4 Å². The van der Waals surface area contributed by atoms with Gasteiger partial charge < -0.3 is 9.80 Å². The zero-order chi connectivity index (χ0) is 22.7. The first-order chi connectivity index (χ1) is 15.5. The highest BCUT2D eigenvalue weighted by Gasteiger charge is 2.39. The van der Waals surface area contributed by atoms with E-state index >= 15 is 0 Å². The van der Waals surface area contributed by atoms with Crippen molar-refractivity contribution in [1.29, 1.82) is 0 Å². The molecule has 1 unspecified atom stereocenters. The monoisotopic (exact) mass is 434 g/mol. The van der Waals surface area contributed by atoms with E-state index in [1.165, 1.54) is 4.90 Å². The number of anilines is 1. The van der Waals surface area contributed by atoms with Crippen molar-refractivity contribution in [1.82, 2.24) is 14.8 Å². The molecule has 0 radical (unpaired) electrons. The maximum atomic E-state index is 13.3. The van der Waals surface area contributed by atoms with Crippen LogP contribution in [0, 0.1) is 5.92 Å². The van der Waals surface area contributed by atoms with Gasteiger partial charge in [-0.15, -0.1) is 0 Å². The summed E-state index contributed by atoms with van der Waals surface area (Å²) in [5.74, 6) is -0.492. The second-order valence-electron chi connectivity index (χ2n) is 8.66. The van der Waals surface area contributed by atoms with E-state index in [1.807, 2.05) is 30.1 Å². The zero-order valence-corrected chi connectivity index (χ0v) is 18.8. The molecular weight excluding hydrogens is 404 g/mol. The van der Waals surface area contributed by atoms with Gasteiger partial charge in [0.05, 0.1) is 29.3 Å². The summed E-state index contributed by atoms with van der Waals surface area (Å²) in [7, 11) is 1.87. The fourth-order valence-corrected chi connectivity index (χ4v) is 4.61. The molecule has 0 aliphatic carbocycles. The molecule has 3 heterocycles. The van der Waals surface area contributed by atoms with Crippen molar-refractivity contribution in [3.8, 4) is 0 Å². The number of rotatable bonds is 7. The number of unbranched alkanes of at least 4 members (excludes halogenated alkanes) is 1. The number of benzene rings is 1. The van der Waals surface area contributed by atoms with Gasteiger partial charge in [-0.25, -0.2) is 0 Å². The Kier molecular flexibility index (Phi) is 6.53. The number of nitrogens with zero attached hydrogens (tertiary/aromatic N) is 4. The molecule has 1 atom stereocenters. The molecule has 2 aliphatic rings. The molecule has 7 heteroatoms. The van der Waals surface area contributed by atoms with Gasteiger partial charge in [0, 0.05) is 39.1 Å². The van der Waals surface area contributed by atoms with E-state index in [9.17, 15) is 14.4 Å². The Morgan fingerprint density at radius 1 is 1.19 bits per heavy atom. The molecule has 32 heavy (non-hydrogen) atoms. The summed E-state index contributed by atoms with van der Waals surface area (Å²) in [6.07, 6.45) is 7.10. The smallest absolute Gasteiger partial charge is 0.263 e. The zero-order valence-electron chi connectivity index (χ0n) is 18.8. The first kappa shape index (κ1) is 22.0. The van der Waals surface area contributed by atoms with Crippen LogP contribution in [0.4, 0.5) is 5.69 Å². The van der Waals surface area contributed by atoms with Crippen molar-refractivity contribution in [3.05, 3.63) is 59.4 Å². The van der Waals surface area contributed by atoms with Crippen molar-refractivity contribution in [3.63, 3.8) is 0 Å². The molecule has 0 bridgehead atoms. The van der Waals surface area contributed by atoms with Gasteiger partial charge >= 0.3 is 0 Å². The Morgan fingerprint density at radius 3 is 2.78 bits per heavy atom. The third-order valence-corrected chi connectivity index (χ3v) is 6.38. The lowest BCUT2D eigenvalue weighted by Crippen LogP contribution is -2.44. The summed E-state index contributed by atoms with van der Waals surface area (Å²) in [6.45, 7) is 4.41. The third kappa shape index (κ3) is 4.24. The first-order valence-electron chi connectivity index (χ1n) is 11.4. The maximum absolute atomic E-state index is 13.3. The lowest BCUT2D eigenvalue weighted by Gasteiger charge is -2.36. The lowest BCUT2D eigenvalue weighted by molar-refractivity contribution is -0.134. The van der Waals surface area contributed by atoms with Crippen LogP contribution < -0.4 is 4.90 Å². The molecule has 2 aliphatic heterocycles. The Labute approximate surface area is 189 Å². The fourth-order valence-electron chi connectivity index (χ4n) is 4.61. The van der Waals surface area contributed by atoms with Crippen molar-refractivity contribution in [2.24, 2.45) is 5.92 Å². The molecule has 3 amide bonds. The molecule has 1 fully saturated rings. The van der Waals surface area contributed by atoms with Crippen LogP contribution in [0.3, 0.4) is 0 Å². The molecule has 0 spiro atoms. The van der Waals surface area contributed by atoms with Crippen LogP contribution in [0.25, 0.3) is 0 Å². The van der Waals surface area contributed by atoms with Gasteiger partial charge in [0.2, 0.25) is 5.91 Å². The van der Waals surface area contributed by atoms with Gasteiger partial charge in [0.15, 0.2) is 0 Å². The van der Waals surface area contributed by atoms with E-state index in [-0.39, 0.29) is 30.2 Å². The predicted molar refractivity (Wildman–Crippen MR) is 122 cm³/mol. The van der Waals surface area contributed by atoms with E-state index < -0.39 is 0 Å². The number of hydrogen-bond acceptors (Lipinski definition) is 5. The molecule has 0 N–H and O–H groups in total. The highest BCUT2D eigenvalue weighted by molar-refractivity contribution is 6.23.